The monoisotopic (exact) mass is 339 g/mol. The highest BCUT2D eigenvalue weighted by atomic mass is 16.5. The number of carbonyl (C=O) groups excluding carboxylic acids is 1. The van der Waals surface area contributed by atoms with Gasteiger partial charge >= 0.3 is 5.63 Å². The van der Waals surface area contributed by atoms with Crippen molar-refractivity contribution in [2.75, 3.05) is 6.61 Å². The summed E-state index contributed by atoms with van der Waals surface area (Å²) >= 11 is 0. The highest BCUT2D eigenvalue weighted by Gasteiger charge is 2.35. The number of hydrogen-bond donors (Lipinski definition) is 0. The van der Waals surface area contributed by atoms with Gasteiger partial charge in [-0.15, -0.1) is 0 Å². The van der Waals surface area contributed by atoms with Crippen molar-refractivity contribution in [3.8, 4) is 5.75 Å². The average molecular weight is 339 g/mol. The highest BCUT2D eigenvalue weighted by molar-refractivity contribution is 5.81. The molecular formula is C20H21NO4. The Balaban J connectivity index is 1.47. The van der Waals surface area contributed by atoms with Gasteiger partial charge in [0, 0.05) is 29.3 Å². The Morgan fingerprint density at radius 1 is 1.20 bits per heavy atom. The Bertz CT molecular complexity index is 879. The topological polar surface area (TPSA) is 59.8 Å². The molecule has 5 nitrogen and oxygen atoms in total. The van der Waals surface area contributed by atoms with E-state index in [1.165, 1.54) is 12.5 Å². The summed E-state index contributed by atoms with van der Waals surface area (Å²) in [6, 6.07) is 8.70. The van der Waals surface area contributed by atoms with Gasteiger partial charge in [0.25, 0.3) is 5.91 Å². The third-order valence-electron chi connectivity index (χ3n) is 4.71. The summed E-state index contributed by atoms with van der Waals surface area (Å²) in [5, 5.41) is 0.824. The molecule has 0 bridgehead atoms. The Labute approximate surface area is 145 Å². The van der Waals surface area contributed by atoms with Crippen LogP contribution in [0.1, 0.15) is 38.5 Å². The molecule has 2 aliphatic carbocycles. The number of benzene rings is 1. The molecule has 2 aliphatic rings. The van der Waals surface area contributed by atoms with E-state index >= 15 is 0 Å². The van der Waals surface area contributed by atoms with E-state index in [-0.39, 0.29) is 12.5 Å². The van der Waals surface area contributed by atoms with Crippen LogP contribution in [0.2, 0.25) is 0 Å². The van der Waals surface area contributed by atoms with E-state index in [1.807, 2.05) is 11.0 Å². The minimum absolute atomic E-state index is 0.00356. The Hall–Kier alpha value is -2.56. The van der Waals surface area contributed by atoms with Crippen molar-refractivity contribution in [2.24, 2.45) is 0 Å². The lowest BCUT2D eigenvalue weighted by atomic mass is 10.0. The maximum absolute atomic E-state index is 12.7. The highest BCUT2D eigenvalue weighted by Crippen LogP contribution is 2.33. The number of rotatable bonds is 5. The van der Waals surface area contributed by atoms with Gasteiger partial charge in [-0.2, -0.15) is 0 Å². The van der Waals surface area contributed by atoms with Crippen LogP contribution in [0.3, 0.4) is 0 Å². The van der Waals surface area contributed by atoms with Crippen molar-refractivity contribution in [1.29, 1.82) is 0 Å². The number of ether oxygens (including phenoxy) is 1. The summed E-state index contributed by atoms with van der Waals surface area (Å²) in [6.07, 6.45) is 8.72. The zero-order chi connectivity index (χ0) is 17.2. The second-order valence-corrected chi connectivity index (χ2v) is 6.68. The zero-order valence-corrected chi connectivity index (χ0v) is 14.1. The number of fused-ring (bicyclic) bond motifs is 1. The molecular weight excluding hydrogens is 318 g/mol. The van der Waals surface area contributed by atoms with Gasteiger partial charge in [-0.25, -0.2) is 4.79 Å². The summed E-state index contributed by atoms with van der Waals surface area (Å²) in [4.78, 5) is 26.0. The first-order valence-electron chi connectivity index (χ1n) is 8.88. The molecule has 1 heterocycles. The lowest BCUT2D eigenvalue weighted by Gasteiger charge is -2.27. The largest absolute Gasteiger partial charge is 0.484 e. The third-order valence-corrected chi connectivity index (χ3v) is 4.71. The van der Waals surface area contributed by atoms with E-state index in [0.29, 0.717) is 17.4 Å². The van der Waals surface area contributed by atoms with Gasteiger partial charge in [-0.1, -0.05) is 6.08 Å². The molecule has 0 spiro atoms. The van der Waals surface area contributed by atoms with Crippen molar-refractivity contribution < 1.29 is 13.9 Å². The summed E-state index contributed by atoms with van der Waals surface area (Å²) in [6.45, 7) is -0.00356. The molecule has 0 radical (unpaired) electrons. The molecule has 130 valence electrons. The fourth-order valence-electron chi connectivity index (χ4n) is 3.32. The smallest absolute Gasteiger partial charge is 0.336 e. The van der Waals surface area contributed by atoms with Crippen LogP contribution in [-0.2, 0) is 4.79 Å². The molecule has 5 heteroatoms. The number of carbonyl (C=O) groups is 1. The molecule has 0 unspecified atom stereocenters. The summed E-state index contributed by atoms with van der Waals surface area (Å²) in [5.74, 6) is 0.536. The first kappa shape index (κ1) is 15.9. The molecule has 0 N–H and O–H groups in total. The SMILES string of the molecule is O=C(COc1ccc2ccc(=O)oc2c1)N(C1=CCCCC1)C1CC1. The van der Waals surface area contributed by atoms with Crippen molar-refractivity contribution in [3.05, 3.63) is 52.5 Å². The molecule has 2 aromatic rings. The van der Waals surface area contributed by atoms with Crippen molar-refractivity contribution in [2.45, 2.75) is 44.6 Å². The molecule has 0 aliphatic heterocycles. The van der Waals surface area contributed by atoms with Crippen molar-refractivity contribution in [3.63, 3.8) is 0 Å². The predicted octanol–water partition coefficient (Wildman–Crippen LogP) is 3.62. The van der Waals surface area contributed by atoms with E-state index in [4.69, 9.17) is 9.15 Å². The standard InChI is InChI=1S/C20H21NO4/c22-19(21(16-8-9-16)15-4-2-1-3-5-15)13-24-17-10-6-14-7-11-20(23)25-18(14)12-17/h4,6-7,10-12,16H,1-3,5,8-9,13H2. The molecule has 25 heavy (non-hydrogen) atoms. The average Bonchev–Trinajstić information content (AvgIpc) is 3.45. The second kappa shape index (κ2) is 6.75. The Morgan fingerprint density at radius 3 is 2.80 bits per heavy atom. The number of nitrogens with zero attached hydrogens (tertiary/aromatic N) is 1. The second-order valence-electron chi connectivity index (χ2n) is 6.68. The quantitative estimate of drug-likeness (QED) is 0.781. The maximum Gasteiger partial charge on any atom is 0.336 e. The zero-order valence-electron chi connectivity index (χ0n) is 14.1. The number of allylic oxidation sites excluding steroid dienone is 2. The van der Waals surface area contributed by atoms with Crippen LogP contribution >= 0.6 is 0 Å². The first-order chi connectivity index (χ1) is 12.2. The molecule has 0 atom stereocenters. The van der Waals surface area contributed by atoms with Gasteiger partial charge in [-0.05, 0) is 56.7 Å². The van der Waals surface area contributed by atoms with Crippen LogP contribution < -0.4 is 10.4 Å². The van der Waals surface area contributed by atoms with E-state index in [0.717, 1.165) is 43.2 Å². The predicted molar refractivity (Wildman–Crippen MR) is 94.4 cm³/mol. The molecule has 1 aromatic heterocycles. The van der Waals surface area contributed by atoms with E-state index < -0.39 is 5.63 Å². The number of amides is 1. The normalized spacial score (nSPS) is 17.2. The van der Waals surface area contributed by atoms with Crippen LogP contribution in [0.5, 0.6) is 5.75 Å². The fraction of sp³-hybridized carbons (Fsp3) is 0.400. The minimum Gasteiger partial charge on any atom is -0.484 e. The maximum atomic E-state index is 12.7. The van der Waals surface area contributed by atoms with Crippen molar-refractivity contribution >= 4 is 16.9 Å². The van der Waals surface area contributed by atoms with Gasteiger partial charge in [-0.3, -0.25) is 4.79 Å². The van der Waals surface area contributed by atoms with Gasteiger partial charge in [0.2, 0.25) is 0 Å². The van der Waals surface area contributed by atoms with Crippen molar-refractivity contribution in [1.82, 2.24) is 4.90 Å². The molecule has 1 fully saturated rings. The van der Waals surface area contributed by atoms with E-state index in [2.05, 4.69) is 6.08 Å². The van der Waals surface area contributed by atoms with Crippen LogP contribution in [0, 0.1) is 0 Å². The lowest BCUT2D eigenvalue weighted by molar-refractivity contribution is -0.132. The molecule has 0 saturated heterocycles. The fourth-order valence-corrected chi connectivity index (χ4v) is 3.32. The van der Waals surface area contributed by atoms with Crippen LogP contribution in [-0.4, -0.2) is 23.5 Å². The van der Waals surface area contributed by atoms with Gasteiger partial charge in [0.15, 0.2) is 6.61 Å². The van der Waals surface area contributed by atoms with Gasteiger partial charge < -0.3 is 14.1 Å². The van der Waals surface area contributed by atoms with Crippen LogP contribution in [0.25, 0.3) is 11.0 Å². The molecule has 4 rings (SSSR count). The first-order valence-corrected chi connectivity index (χ1v) is 8.88. The van der Waals surface area contributed by atoms with Gasteiger partial charge in [0.05, 0.1) is 0 Å². The summed E-state index contributed by atoms with van der Waals surface area (Å²) in [7, 11) is 0. The Morgan fingerprint density at radius 2 is 2.04 bits per heavy atom. The Kier molecular flexibility index (Phi) is 4.30. The number of hydrogen-bond acceptors (Lipinski definition) is 4. The third kappa shape index (κ3) is 3.60. The van der Waals surface area contributed by atoms with E-state index in [9.17, 15) is 9.59 Å². The summed E-state index contributed by atoms with van der Waals surface area (Å²) in [5.41, 5.74) is 1.23. The van der Waals surface area contributed by atoms with E-state index in [1.54, 1.807) is 18.2 Å². The van der Waals surface area contributed by atoms with Crippen LogP contribution in [0.15, 0.2) is 51.3 Å². The van der Waals surface area contributed by atoms with Gasteiger partial charge in [0.1, 0.15) is 11.3 Å². The minimum atomic E-state index is -0.398. The summed E-state index contributed by atoms with van der Waals surface area (Å²) < 4.78 is 10.8. The molecule has 1 saturated carbocycles. The molecule has 1 aromatic carbocycles. The molecule has 1 amide bonds. The van der Waals surface area contributed by atoms with Crippen LogP contribution in [0.4, 0.5) is 0 Å². The lowest BCUT2D eigenvalue weighted by Crippen LogP contribution is -2.36.